The summed E-state index contributed by atoms with van der Waals surface area (Å²) in [5.74, 6) is -1.73. The second-order valence-corrected chi connectivity index (χ2v) is 4.97. The maximum absolute atomic E-state index is 11.8. The van der Waals surface area contributed by atoms with Gasteiger partial charge < -0.3 is 15.2 Å². The molecule has 0 bridgehead atoms. The first-order chi connectivity index (χ1) is 9.66. The molecule has 0 spiro atoms. The highest BCUT2D eigenvalue weighted by Crippen LogP contribution is 2.13. The first-order valence-corrected chi connectivity index (χ1v) is 6.83. The van der Waals surface area contributed by atoms with Gasteiger partial charge >= 0.3 is 5.97 Å². The number of hydrogen-bond donors (Lipinski definition) is 2. The van der Waals surface area contributed by atoms with Gasteiger partial charge in [-0.2, -0.15) is 0 Å². The first kappa shape index (κ1) is 14.5. The van der Waals surface area contributed by atoms with Crippen LogP contribution in [0.15, 0.2) is 30.3 Å². The summed E-state index contributed by atoms with van der Waals surface area (Å²) < 4.78 is 5.27. The summed E-state index contributed by atoms with van der Waals surface area (Å²) in [7, 11) is 0. The second-order valence-electron chi connectivity index (χ2n) is 4.97. The average molecular weight is 277 g/mol. The van der Waals surface area contributed by atoms with Crippen molar-refractivity contribution in [2.75, 3.05) is 13.2 Å². The van der Waals surface area contributed by atoms with Crippen LogP contribution < -0.4 is 5.32 Å². The highest BCUT2D eigenvalue weighted by molar-refractivity contribution is 5.81. The van der Waals surface area contributed by atoms with Crippen LogP contribution in [0.4, 0.5) is 0 Å². The zero-order valence-corrected chi connectivity index (χ0v) is 11.2. The number of carboxylic acid groups (broad SMARTS) is 1. The molecule has 1 heterocycles. The van der Waals surface area contributed by atoms with Crippen LogP contribution in [0.3, 0.4) is 0 Å². The number of nitrogens with one attached hydrogen (secondary N) is 1. The molecule has 0 radical (unpaired) electrons. The number of carbonyl (C=O) groups is 2. The van der Waals surface area contributed by atoms with Crippen LogP contribution in [0.2, 0.25) is 0 Å². The number of aliphatic carboxylic acids is 1. The molecule has 2 rings (SSSR count). The molecule has 0 aliphatic carbocycles. The Bertz CT molecular complexity index is 454. The van der Waals surface area contributed by atoms with Crippen molar-refractivity contribution in [2.45, 2.75) is 25.4 Å². The molecule has 2 atom stereocenters. The van der Waals surface area contributed by atoms with Gasteiger partial charge in [0.25, 0.3) is 0 Å². The molecule has 20 heavy (non-hydrogen) atoms. The minimum atomic E-state index is -0.901. The van der Waals surface area contributed by atoms with Crippen LogP contribution in [0.1, 0.15) is 18.4 Å². The van der Waals surface area contributed by atoms with E-state index in [1.807, 2.05) is 30.3 Å². The lowest BCUT2D eigenvalue weighted by molar-refractivity contribution is -0.141. The van der Waals surface area contributed by atoms with Crippen molar-refractivity contribution in [1.82, 2.24) is 5.32 Å². The third-order valence-electron chi connectivity index (χ3n) is 3.42. The Hall–Kier alpha value is -1.88. The van der Waals surface area contributed by atoms with Gasteiger partial charge in [-0.05, 0) is 24.8 Å². The molecule has 1 aliphatic heterocycles. The van der Waals surface area contributed by atoms with E-state index in [9.17, 15) is 14.7 Å². The summed E-state index contributed by atoms with van der Waals surface area (Å²) in [6.07, 6.45) is 1.58. The molecule has 1 aliphatic rings. The summed E-state index contributed by atoms with van der Waals surface area (Å²) >= 11 is 0. The Morgan fingerprint density at radius 1 is 1.35 bits per heavy atom. The van der Waals surface area contributed by atoms with Crippen molar-refractivity contribution >= 4 is 11.9 Å². The minimum absolute atomic E-state index is 0.128. The largest absolute Gasteiger partial charge is 0.481 e. The predicted molar refractivity (Wildman–Crippen MR) is 73.3 cm³/mol. The summed E-state index contributed by atoms with van der Waals surface area (Å²) in [5.41, 5.74) is 0.950. The van der Waals surface area contributed by atoms with E-state index in [4.69, 9.17) is 4.74 Å². The zero-order valence-electron chi connectivity index (χ0n) is 11.2. The summed E-state index contributed by atoms with van der Waals surface area (Å²) in [5, 5.41) is 11.9. The van der Waals surface area contributed by atoms with Crippen molar-refractivity contribution in [3.63, 3.8) is 0 Å². The van der Waals surface area contributed by atoms with Gasteiger partial charge in [-0.15, -0.1) is 0 Å². The van der Waals surface area contributed by atoms with E-state index in [2.05, 4.69) is 5.32 Å². The van der Waals surface area contributed by atoms with Gasteiger partial charge in [-0.3, -0.25) is 9.59 Å². The van der Waals surface area contributed by atoms with Gasteiger partial charge in [0.2, 0.25) is 5.91 Å². The van der Waals surface area contributed by atoms with Gasteiger partial charge in [0.05, 0.1) is 5.92 Å². The molecule has 1 unspecified atom stereocenters. The van der Waals surface area contributed by atoms with E-state index in [0.717, 1.165) is 12.0 Å². The van der Waals surface area contributed by atoms with Crippen molar-refractivity contribution in [1.29, 1.82) is 0 Å². The third kappa shape index (κ3) is 4.06. The summed E-state index contributed by atoms with van der Waals surface area (Å²) in [4.78, 5) is 23.1. The summed E-state index contributed by atoms with van der Waals surface area (Å²) in [6, 6.07) is 9.41. The van der Waals surface area contributed by atoms with Crippen LogP contribution in [0.5, 0.6) is 0 Å². The molecule has 1 fully saturated rings. The Morgan fingerprint density at radius 2 is 2.10 bits per heavy atom. The van der Waals surface area contributed by atoms with Gasteiger partial charge in [0.15, 0.2) is 0 Å². The number of ether oxygens (including phenoxy) is 1. The molecule has 1 amide bonds. The molecule has 5 nitrogen and oxygen atoms in total. The van der Waals surface area contributed by atoms with Crippen LogP contribution >= 0.6 is 0 Å². The third-order valence-corrected chi connectivity index (χ3v) is 3.42. The van der Waals surface area contributed by atoms with Gasteiger partial charge in [-0.25, -0.2) is 0 Å². The number of carboxylic acids is 1. The predicted octanol–water partition coefficient (Wildman–Crippen LogP) is 1.23. The molecular formula is C15H19NO4. The highest BCUT2D eigenvalue weighted by Gasteiger charge is 2.25. The maximum atomic E-state index is 11.8. The fourth-order valence-electron chi connectivity index (χ4n) is 2.27. The zero-order chi connectivity index (χ0) is 14.4. The number of amides is 1. The van der Waals surface area contributed by atoms with E-state index in [1.165, 1.54) is 0 Å². The standard InChI is InChI=1S/C15H19NO4/c17-14(13-7-4-8-20-13)16-10-12(15(18)19)9-11-5-2-1-3-6-11/h1-3,5-6,12-13H,4,7-10H2,(H,16,17)(H,18,19)/t12?,13-/m0/s1. The van der Waals surface area contributed by atoms with Gasteiger partial charge in [0, 0.05) is 13.2 Å². The normalized spacial score (nSPS) is 19.5. The van der Waals surface area contributed by atoms with Crippen LogP contribution in [0, 0.1) is 5.92 Å². The Labute approximate surface area is 117 Å². The SMILES string of the molecule is O=C(O)C(CNC(=O)[C@@H]1CCCO1)Cc1ccccc1. The van der Waals surface area contributed by atoms with E-state index in [1.54, 1.807) is 0 Å². The van der Waals surface area contributed by atoms with Gasteiger partial charge in [0.1, 0.15) is 6.10 Å². The van der Waals surface area contributed by atoms with Crippen LogP contribution in [-0.4, -0.2) is 36.2 Å². The van der Waals surface area contributed by atoms with E-state index < -0.39 is 18.0 Å². The molecule has 1 aromatic carbocycles. The lowest BCUT2D eigenvalue weighted by atomic mass is 9.99. The van der Waals surface area contributed by atoms with Crippen LogP contribution in [0.25, 0.3) is 0 Å². The maximum Gasteiger partial charge on any atom is 0.308 e. The topological polar surface area (TPSA) is 75.6 Å². The van der Waals surface area contributed by atoms with Crippen molar-refractivity contribution < 1.29 is 19.4 Å². The first-order valence-electron chi connectivity index (χ1n) is 6.83. The molecule has 0 aromatic heterocycles. The summed E-state index contributed by atoms with van der Waals surface area (Å²) in [6.45, 7) is 0.730. The van der Waals surface area contributed by atoms with E-state index in [-0.39, 0.29) is 12.5 Å². The van der Waals surface area contributed by atoms with Crippen molar-refractivity contribution in [3.8, 4) is 0 Å². The Morgan fingerprint density at radius 3 is 2.70 bits per heavy atom. The van der Waals surface area contributed by atoms with Crippen molar-refractivity contribution in [3.05, 3.63) is 35.9 Å². The fourth-order valence-corrected chi connectivity index (χ4v) is 2.27. The Kier molecular flexibility index (Phi) is 5.12. The van der Waals surface area contributed by atoms with E-state index in [0.29, 0.717) is 19.4 Å². The number of rotatable bonds is 6. The second kappa shape index (κ2) is 7.05. The van der Waals surface area contributed by atoms with Crippen LogP contribution in [-0.2, 0) is 20.7 Å². The monoisotopic (exact) mass is 277 g/mol. The van der Waals surface area contributed by atoms with Crippen molar-refractivity contribution in [2.24, 2.45) is 5.92 Å². The average Bonchev–Trinajstić information content (AvgIpc) is 2.98. The lowest BCUT2D eigenvalue weighted by Crippen LogP contribution is -2.39. The van der Waals surface area contributed by atoms with Gasteiger partial charge in [-0.1, -0.05) is 30.3 Å². The molecule has 2 N–H and O–H groups in total. The highest BCUT2D eigenvalue weighted by atomic mass is 16.5. The molecule has 1 aromatic rings. The smallest absolute Gasteiger partial charge is 0.308 e. The number of benzene rings is 1. The Balaban J connectivity index is 1.86. The number of carbonyl (C=O) groups excluding carboxylic acids is 1. The molecule has 108 valence electrons. The number of hydrogen-bond acceptors (Lipinski definition) is 3. The quantitative estimate of drug-likeness (QED) is 0.820. The molecule has 5 heteroatoms. The van der Waals surface area contributed by atoms with E-state index >= 15 is 0 Å². The fraction of sp³-hybridized carbons (Fsp3) is 0.467. The lowest BCUT2D eigenvalue weighted by Gasteiger charge is -2.15. The molecule has 1 saturated heterocycles. The molecule has 0 saturated carbocycles. The molecular weight excluding hydrogens is 258 g/mol. The minimum Gasteiger partial charge on any atom is -0.481 e.